The Labute approximate surface area is 144 Å². The first-order valence-corrected chi connectivity index (χ1v) is 8.02. The maximum Gasteiger partial charge on any atom is 0.228 e. The topological polar surface area (TPSA) is 44.9 Å². The molecule has 3 nitrogen and oxygen atoms in total. The summed E-state index contributed by atoms with van der Waals surface area (Å²) in [5.74, 6) is -0.111. The van der Waals surface area contributed by atoms with Crippen LogP contribution in [0.3, 0.4) is 0 Å². The highest BCUT2D eigenvalue weighted by Gasteiger charge is 2.14. The van der Waals surface area contributed by atoms with E-state index in [1.54, 1.807) is 18.2 Å². The van der Waals surface area contributed by atoms with E-state index in [4.69, 9.17) is 23.2 Å². The van der Waals surface area contributed by atoms with Crippen LogP contribution in [0.4, 0.5) is 5.69 Å². The zero-order chi connectivity index (χ0) is 16.6. The molecular weight excluding hydrogens is 331 g/mol. The van der Waals surface area contributed by atoms with Crippen molar-refractivity contribution in [1.29, 1.82) is 0 Å². The lowest BCUT2D eigenvalue weighted by Gasteiger charge is -2.08. The molecule has 5 heteroatoms. The lowest BCUT2D eigenvalue weighted by molar-refractivity contribution is -0.115. The summed E-state index contributed by atoms with van der Waals surface area (Å²) in [5, 5.41) is 4.89. The van der Waals surface area contributed by atoms with Crippen molar-refractivity contribution < 1.29 is 4.79 Å². The average molecular weight is 347 g/mol. The molecule has 23 heavy (non-hydrogen) atoms. The molecule has 0 aliphatic heterocycles. The minimum atomic E-state index is -0.111. The third-order valence-electron chi connectivity index (χ3n) is 3.82. The minimum absolute atomic E-state index is 0.111. The maximum absolute atomic E-state index is 12.4. The zero-order valence-electron chi connectivity index (χ0n) is 12.8. The highest BCUT2D eigenvalue weighted by molar-refractivity contribution is 6.36. The summed E-state index contributed by atoms with van der Waals surface area (Å²) >= 11 is 12.0. The average Bonchev–Trinajstić information content (AvgIpc) is 2.78. The molecule has 0 fully saturated rings. The molecule has 0 spiro atoms. The molecule has 118 valence electrons. The van der Waals surface area contributed by atoms with Crippen molar-refractivity contribution in [2.24, 2.45) is 0 Å². The van der Waals surface area contributed by atoms with Crippen LogP contribution in [0.5, 0.6) is 0 Å². The summed E-state index contributed by atoms with van der Waals surface area (Å²) in [5.41, 5.74) is 4.78. The van der Waals surface area contributed by atoms with E-state index in [2.05, 4.69) is 22.4 Å². The van der Waals surface area contributed by atoms with Gasteiger partial charge in [0.25, 0.3) is 0 Å². The molecule has 3 rings (SSSR count). The number of carbonyl (C=O) groups excluding carboxylic acids is 1. The van der Waals surface area contributed by atoms with Gasteiger partial charge < -0.3 is 10.3 Å². The molecular formula is C18H16Cl2N2O. The molecule has 0 saturated carbocycles. The molecule has 0 radical (unpaired) electrons. The Balaban J connectivity index is 1.85. The second kappa shape index (κ2) is 6.26. The van der Waals surface area contributed by atoms with E-state index < -0.39 is 0 Å². The largest absolute Gasteiger partial charge is 0.358 e. The van der Waals surface area contributed by atoms with Gasteiger partial charge in [-0.25, -0.2) is 0 Å². The van der Waals surface area contributed by atoms with Crippen molar-refractivity contribution in [2.45, 2.75) is 20.3 Å². The molecule has 2 N–H and O–H groups in total. The van der Waals surface area contributed by atoms with Gasteiger partial charge >= 0.3 is 0 Å². The number of carbonyl (C=O) groups is 1. The zero-order valence-corrected chi connectivity index (χ0v) is 14.3. The van der Waals surface area contributed by atoms with Crippen molar-refractivity contribution in [3.8, 4) is 0 Å². The molecule has 3 aromatic rings. The summed E-state index contributed by atoms with van der Waals surface area (Å²) in [4.78, 5) is 15.7. The first kappa shape index (κ1) is 15.9. The number of hydrogen-bond donors (Lipinski definition) is 2. The second-order valence-electron chi connectivity index (χ2n) is 5.63. The highest BCUT2D eigenvalue weighted by Crippen LogP contribution is 2.27. The number of aromatic amines is 1. The fraction of sp³-hybridized carbons (Fsp3) is 0.167. The first-order chi connectivity index (χ1) is 10.9. The van der Waals surface area contributed by atoms with E-state index in [1.165, 1.54) is 5.56 Å². The van der Waals surface area contributed by atoms with Crippen LogP contribution >= 0.6 is 23.2 Å². The Morgan fingerprint density at radius 3 is 2.65 bits per heavy atom. The number of rotatable bonds is 3. The number of H-pyrrole nitrogens is 1. The van der Waals surface area contributed by atoms with Gasteiger partial charge in [0, 0.05) is 21.6 Å². The summed E-state index contributed by atoms with van der Waals surface area (Å²) < 4.78 is 0. The number of amides is 1. The second-order valence-corrected chi connectivity index (χ2v) is 6.47. The summed E-state index contributed by atoms with van der Waals surface area (Å²) in [6.45, 7) is 4.02. The standard InChI is InChI=1S/C18H16Cl2N2O/c1-10-3-5-16-14(7-10)13(11(2)21-16)9-18(23)22-17-6-4-12(19)8-15(17)20/h3-8,21H,9H2,1-2H3,(H,22,23). The molecule has 0 saturated heterocycles. The van der Waals surface area contributed by atoms with Gasteiger partial charge in [0.2, 0.25) is 5.91 Å². The number of aromatic nitrogens is 1. The number of aryl methyl sites for hydroxylation is 2. The summed E-state index contributed by atoms with van der Waals surface area (Å²) in [6, 6.07) is 11.2. The van der Waals surface area contributed by atoms with E-state index in [0.29, 0.717) is 15.7 Å². The van der Waals surface area contributed by atoms with Gasteiger partial charge in [0.15, 0.2) is 0 Å². The van der Waals surface area contributed by atoms with Crippen molar-refractivity contribution in [3.63, 3.8) is 0 Å². The van der Waals surface area contributed by atoms with Gasteiger partial charge in [-0.1, -0.05) is 34.8 Å². The van der Waals surface area contributed by atoms with Crippen LogP contribution in [-0.2, 0) is 11.2 Å². The van der Waals surface area contributed by atoms with Crippen molar-refractivity contribution >= 4 is 45.7 Å². The van der Waals surface area contributed by atoms with Gasteiger partial charge in [-0.3, -0.25) is 4.79 Å². The van der Waals surface area contributed by atoms with Crippen LogP contribution in [0.1, 0.15) is 16.8 Å². The number of anilines is 1. The van der Waals surface area contributed by atoms with Gasteiger partial charge in [-0.15, -0.1) is 0 Å². The maximum atomic E-state index is 12.4. The molecule has 0 bridgehead atoms. The number of benzene rings is 2. The third kappa shape index (κ3) is 3.36. The monoisotopic (exact) mass is 346 g/mol. The number of nitrogens with one attached hydrogen (secondary N) is 2. The van der Waals surface area contributed by atoms with Crippen LogP contribution in [-0.4, -0.2) is 10.9 Å². The molecule has 1 amide bonds. The first-order valence-electron chi connectivity index (χ1n) is 7.27. The van der Waals surface area contributed by atoms with Gasteiger partial charge in [-0.2, -0.15) is 0 Å². The normalized spacial score (nSPS) is 11.0. The van der Waals surface area contributed by atoms with Gasteiger partial charge in [-0.05, 0) is 49.7 Å². The molecule has 1 aromatic heterocycles. The number of halogens is 2. The van der Waals surface area contributed by atoms with E-state index in [-0.39, 0.29) is 12.3 Å². The quantitative estimate of drug-likeness (QED) is 0.666. The van der Waals surface area contributed by atoms with Crippen molar-refractivity contribution in [1.82, 2.24) is 4.98 Å². The molecule has 2 aromatic carbocycles. The van der Waals surface area contributed by atoms with E-state index in [1.807, 2.05) is 19.9 Å². The van der Waals surface area contributed by atoms with Crippen LogP contribution in [0.25, 0.3) is 10.9 Å². The smallest absolute Gasteiger partial charge is 0.228 e. The Hall–Kier alpha value is -1.97. The number of fused-ring (bicyclic) bond motifs is 1. The van der Waals surface area contributed by atoms with Crippen LogP contribution in [0, 0.1) is 13.8 Å². The van der Waals surface area contributed by atoms with Gasteiger partial charge in [0.1, 0.15) is 0 Å². The van der Waals surface area contributed by atoms with E-state index in [0.717, 1.165) is 22.2 Å². The molecule has 0 aliphatic carbocycles. The Morgan fingerprint density at radius 2 is 1.91 bits per heavy atom. The predicted molar refractivity (Wildman–Crippen MR) is 96.6 cm³/mol. The van der Waals surface area contributed by atoms with Crippen molar-refractivity contribution in [2.75, 3.05) is 5.32 Å². The fourth-order valence-corrected chi connectivity index (χ4v) is 3.13. The minimum Gasteiger partial charge on any atom is -0.358 e. The van der Waals surface area contributed by atoms with Crippen LogP contribution < -0.4 is 5.32 Å². The van der Waals surface area contributed by atoms with E-state index in [9.17, 15) is 4.79 Å². The SMILES string of the molecule is Cc1ccc2[nH]c(C)c(CC(=O)Nc3ccc(Cl)cc3Cl)c2c1. The van der Waals surface area contributed by atoms with Gasteiger partial charge in [0.05, 0.1) is 17.1 Å². The Kier molecular flexibility index (Phi) is 4.33. The van der Waals surface area contributed by atoms with Crippen molar-refractivity contribution in [3.05, 3.63) is 63.3 Å². The molecule has 0 unspecified atom stereocenters. The van der Waals surface area contributed by atoms with Crippen LogP contribution in [0.2, 0.25) is 10.0 Å². The lowest BCUT2D eigenvalue weighted by Crippen LogP contribution is -2.15. The molecule has 0 aliphatic rings. The molecule has 0 atom stereocenters. The van der Waals surface area contributed by atoms with Crippen LogP contribution in [0.15, 0.2) is 36.4 Å². The third-order valence-corrected chi connectivity index (χ3v) is 4.37. The van der Waals surface area contributed by atoms with E-state index >= 15 is 0 Å². The highest BCUT2D eigenvalue weighted by atomic mass is 35.5. The Morgan fingerprint density at radius 1 is 1.13 bits per heavy atom. The number of hydrogen-bond acceptors (Lipinski definition) is 1. The summed E-state index contributed by atoms with van der Waals surface area (Å²) in [7, 11) is 0. The fourth-order valence-electron chi connectivity index (χ4n) is 2.67. The molecule has 1 heterocycles. The Bertz CT molecular complexity index is 899. The summed E-state index contributed by atoms with van der Waals surface area (Å²) in [6.07, 6.45) is 0.286. The lowest BCUT2D eigenvalue weighted by atomic mass is 10.1. The predicted octanol–water partition coefficient (Wildman–Crippen LogP) is 5.27.